The number of hydrogen-bond donors (Lipinski definition) is 0. The fourth-order valence-electron chi connectivity index (χ4n) is 1.50. The predicted octanol–water partition coefficient (Wildman–Crippen LogP) is 3.26. The Kier molecular flexibility index (Phi) is 3.03. The van der Waals surface area contributed by atoms with Gasteiger partial charge < -0.3 is 4.90 Å². The molecule has 2 nitrogen and oxygen atoms in total. The summed E-state index contributed by atoms with van der Waals surface area (Å²) in [6, 6.07) is 3.62. The summed E-state index contributed by atoms with van der Waals surface area (Å²) in [7, 11) is 0. The number of carbonyl (C=O) groups is 1. The van der Waals surface area contributed by atoms with E-state index in [0.29, 0.717) is 10.6 Å². The van der Waals surface area contributed by atoms with Gasteiger partial charge in [0.1, 0.15) is 0 Å². The lowest BCUT2D eigenvalue weighted by Crippen LogP contribution is -2.42. The van der Waals surface area contributed by atoms with Crippen LogP contribution in [0, 0.1) is 6.92 Å². The Balaban J connectivity index is 2.34. The number of aryl methyl sites for hydroxylation is 1. The zero-order valence-electron chi connectivity index (χ0n) is 8.39. The summed E-state index contributed by atoms with van der Waals surface area (Å²) >= 11 is 9.40. The monoisotopic (exact) mass is 287 g/mol. The van der Waals surface area contributed by atoms with Crippen molar-refractivity contribution in [3.8, 4) is 0 Å². The molecule has 0 atom stereocenters. The average Bonchev–Trinajstić information content (AvgIpc) is 2.08. The van der Waals surface area contributed by atoms with Gasteiger partial charge in [-0.15, -0.1) is 0 Å². The molecule has 0 unspecified atom stereocenters. The highest BCUT2D eigenvalue weighted by molar-refractivity contribution is 9.10. The fourth-order valence-corrected chi connectivity index (χ4v) is 2.29. The maximum atomic E-state index is 11.9. The maximum absolute atomic E-state index is 11.9. The third-order valence-corrected chi connectivity index (χ3v) is 3.69. The number of hydrogen-bond acceptors (Lipinski definition) is 1. The molecule has 0 N–H and O–H groups in total. The van der Waals surface area contributed by atoms with E-state index in [-0.39, 0.29) is 5.91 Å². The molecule has 1 amide bonds. The molecule has 4 heteroatoms. The maximum Gasteiger partial charge on any atom is 0.255 e. The normalized spacial score (nSPS) is 15.0. The van der Waals surface area contributed by atoms with E-state index in [2.05, 4.69) is 15.9 Å². The van der Waals surface area contributed by atoms with Crippen LogP contribution in [0.25, 0.3) is 0 Å². The third kappa shape index (κ3) is 2.04. The van der Waals surface area contributed by atoms with Gasteiger partial charge in [0.25, 0.3) is 5.91 Å². The first-order chi connectivity index (χ1) is 7.09. The van der Waals surface area contributed by atoms with E-state index in [4.69, 9.17) is 11.6 Å². The zero-order chi connectivity index (χ0) is 11.0. The van der Waals surface area contributed by atoms with Crippen molar-refractivity contribution in [1.29, 1.82) is 0 Å². The van der Waals surface area contributed by atoms with Gasteiger partial charge >= 0.3 is 0 Å². The SMILES string of the molecule is Cc1cc(Br)c(C(=O)N2CCC2)cc1Cl. The van der Waals surface area contributed by atoms with Crippen molar-refractivity contribution >= 4 is 33.4 Å². The summed E-state index contributed by atoms with van der Waals surface area (Å²) in [5, 5.41) is 0.641. The molecule has 0 bridgehead atoms. The predicted molar refractivity (Wildman–Crippen MR) is 64.4 cm³/mol. The number of amides is 1. The molecule has 0 saturated carbocycles. The van der Waals surface area contributed by atoms with E-state index >= 15 is 0 Å². The van der Waals surface area contributed by atoms with Crippen LogP contribution in [-0.2, 0) is 0 Å². The van der Waals surface area contributed by atoms with Crippen LogP contribution in [0.15, 0.2) is 16.6 Å². The van der Waals surface area contributed by atoms with Crippen molar-refractivity contribution in [2.75, 3.05) is 13.1 Å². The Morgan fingerprint density at radius 3 is 2.67 bits per heavy atom. The molecule has 1 aliphatic heterocycles. The highest BCUT2D eigenvalue weighted by Gasteiger charge is 2.23. The molecule has 0 aliphatic carbocycles. The van der Waals surface area contributed by atoms with E-state index in [1.165, 1.54) is 0 Å². The van der Waals surface area contributed by atoms with Crippen LogP contribution in [0.2, 0.25) is 5.02 Å². The molecule has 0 spiro atoms. The molecule has 15 heavy (non-hydrogen) atoms. The highest BCUT2D eigenvalue weighted by Crippen LogP contribution is 2.27. The first kappa shape index (κ1) is 11.0. The van der Waals surface area contributed by atoms with E-state index in [1.54, 1.807) is 6.07 Å². The average molecular weight is 289 g/mol. The molecule has 1 fully saturated rings. The van der Waals surface area contributed by atoms with E-state index in [0.717, 1.165) is 29.5 Å². The lowest BCUT2D eigenvalue weighted by Gasteiger charge is -2.31. The standard InChI is InChI=1S/C11H11BrClNO/c1-7-5-9(12)8(6-10(7)13)11(15)14-3-2-4-14/h5-6H,2-4H2,1H3. The van der Waals surface area contributed by atoms with Crippen molar-refractivity contribution in [3.05, 3.63) is 32.8 Å². The molecule has 1 heterocycles. The minimum atomic E-state index is 0.0648. The molecular formula is C11H11BrClNO. The topological polar surface area (TPSA) is 20.3 Å². The van der Waals surface area contributed by atoms with Crippen molar-refractivity contribution in [1.82, 2.24) is 4.90 Å². The Bertz CT molecular complexity index is 415. The van der Waals surface area contributed by atoms with Gasteiger partial charge in [-0.2, -0.15) is 0 Å². The van der Waals surface area contributed by atoms with Crippen molar-refractivity contribution in [3.63, 3.8) is 0 Å². The lowest BCUT2D eigenvalue weighted by molar-refractivity contribution is 0.0651. The summed E-state index contributed by atoms with van der Waals surface area (Å²) < 4.78 is 0.821. The minimum absolute atomic E-state index is 0.0648. The summed E-state index contributed by atoms with van der Waals surface area (Å²) in [4.78, 5) is 13.8. The van der Waals surface area contributed by atoms with Crippen LogP contribution in [0.1, 0.15) is 22.3 Å². The van der Waals surface area contributed by atoms with E-state index < -0.39 is 0 Å². The van der Waals surface area contributed by atoms with E-state index in [9.17, 15) is 4.79 Å². The second kappa shape index (κ2) is 4.14. The van der Waals surface area contributed by atoms with Gasteiger partial charge in [0, 0.05) is 22.6 Å². The molecule has 1 aromatic rings. The van der Waals surface area contributed by atoms with Gasteiger partial charge in [0.15, 0.2) is 0 Å². The second-order valence-corrected chi connectivity index (χ2v) is 4.99. The molecule has 1 saturated heterocycles. The van der Waals surface area contributed by atoms with Crippen molar-refractivity contribution in [2.45, 2.75) is 13.3 Å². The Hall–Kier alpha value is -0.540. The number of benzene rings is 1. The number of nitrogens with zero attached hydrogens (tertiary/aromatic N) is 1. The second-order valence-electron chi connectivity index (χ2n) is 3.73. The number of rotatable bonds is 1. The Morgan fingerprint density at radius 2 is 2.13 bits per heavy atom. The van der Waals surface area contributed by atoms with Crippen molar-refractivity contribution in [2.24, 2.45) is 0 Å². The molecule has 2 rings (SSSR count). The van der Waals surface area contributed by atoms with Crippen LogP contribution in [-0.4, -0.2) is 23.9 Å². The van der Waals surface area contributed by atoms with Crippen molar-refractivity contribution < 1.29 is 4.79 Å². The number of likely N-dealkylation sites (tertiary alicyclic amines) is 1. The zero-order valence-corrected chi connectivity index (χ0v) is 10.7. The van der Waals surface area contributed by atoms with E-state index in [1.807, 2.05) is 17.9 Å². The Labute approximate surface area is 102 Å². The first-order valence-electron chi connectivity index (χ1n) is 4.84. The lowest BCUT2D eigenvalue weighted by atomic mass is 10.1. The van der Waals surface area contributed by atoms with Crippen LogP contribution < -0.4 is 0 Å². The molecule has 0 aromatic heterocycles. The first-order valence-corrected chi connectivity index (χ1v) is 6.01. The summed E-state index contributed by atoms with van der Waals surface area (Å²) in [5.74, 6) is 0.0648. The summed E-state index contributed by atoms with van der Waals surface area (Å²) in [6.45, 7) is 3.64. The minimum Gasteiger partial charge on any atom is -0.338 e. The number of halogens is 2. The van der Waals surface area contributed by atoms with Gasteiger partial charge in [-0.25, -0.2) is 0 Å². The molecule has 1 aromatic carbocycles. The van der Waals surface area contributed by atoms with Gasteiger partial charge in [0.2, 0.25) is 0 Å². The van der Waals surface area contributed by atoms with Gasteiger partial charge in [-0.05, 0) is 47.0 Å². The van der Waals surface area contributed by atoms with Crippen LogP contribution in [0.5, 0.6) is 0 Å². The third-order valence-electron chi connectivity index (χ3n) is 2.62. The smallest absolute Gasteiger partial charge is 0.255 e. The van der Waals surface area contributed by atoms with Gasteiger partial charge in [0.05, 0.1) is 5.56 Å². The van der Waals surface area contributed by atoms with Crippen LogP contribution in [0.3, 0.4) is 0 Å². The summed E-state index contributed by atoms with van der Waals surface area (Å²) in [6.07, 6.45) is 1.10. The molecule has 0 radical (unpaired) electrons. The Morgan fingerprint density at radius 1 is 1.47 bits per heavy atom. The molecule has 80 valence electrons. The van der Waals surface area contributed by atoms with Crippen LogP contribution >= 0.6 is 27.5 Å². The quantitative estimate of drug-likeness (QED) is 0.777. The molecular weight excluding hydrogens is 277 g/mol. The summed E-state index contributed by atoms with van der Waals surface area (Å²) in [5.41, 5.74) is 1.63. The molecule has 1 aliphatic rings. The highest BCUT2D eigenvalue weighted by atomic mass is 79.9. The largest absolute Gasteiger partial charge is 0.338 e. The fraction of sp³-hybridized carbons (Fsp3) is 0.364. The van der Waals surface area contributed by atoms with Crippen LogP contribution in [0.4, 0.5) is 0 Å². The van der Waals surface area contributed by atoms with Gasteiger partial charge in [-0.3, -0.25) is 4.79 Å². The van der Waals surface area contributed by atoms with Gasteiger partial charge in [-0.1, -0.05) is 11.6 Å². The number of carbonyl (C=O) groups excluding carboxylic acids is 1.